The topological polar surface area (TPSA) is 79.5 Å². The number of aliphatic hydroxyl groups excluding tert-OH is 1. The van der Waals surface area contributed by atoms with Crippen molar-refractivity contribution in [2.45, 2.75) is 26.3 Å². The molecule has 6 nitrogen and oxygen atoms in total. The van der Waals surface area contributed by atoms with Crippen LogP contribution in [0, 0.1) is 10.1 Å². The number of hydrogen-bond acceptors (Lipinski definition) is 5. The van der Waals surface area contributed by atoms with Crippen molar-refractivity contribution in [3.63, 3.8) is 0 Å². The van der Waals surface area contributed by atoms with Gasteiger partial charge in [0.1, 0.15) is 5.69 Å². The van der Waals surface area contributed by atoms with Gasteiger partial charge in [-0.1, -0.05) is 0 Å². The number of nitrogens with zero attached hydrogens (tertiary/aromatic N) is 3. The van der Waals surface area contributed by atoms with E-state index in [2.05, 4.69) is 4.98 Å². The van der Waals surface area contributed by atoms with Crippen LogP contribution in [0.2, 0.25) is 0 Å². The maximum Gasteiger partial charge on any atom is 0.301 e. The average molecular weight is 289 g/mol. The number of nitro groups is 1. The van der Waals surface area contributed by atoms with Gasteiger partial charge < -0.3 is 10.0 Å². The summed E-state index contributed by atoms with van der Waals surface area (Å²) in [6.07, 6.45) is 2.19. The number of pyridine rings is 1. The van der Waals surface area contributed by atoms with Gasteiger partial charge in [0, 0.05) is 25.4 Å². The predicted molar refractivity (Wildman–Crippen MR) is 82.6 cm³/mol. The van der Waals surface area contributed by atoms with Crippen LogP contribution in [0.25, 0.3) is 10.9 Å². The third-order valence-corrected chi connectivity index (χ3v) is 3.41. The largest absolute Gasteiger partial charge is 0.396 e. The predicted octanol–water partition coefficient (Wildman–Crippen LogP) is 2.74. The van der Waals surface area contributed by atoms with E-state index in [1.165, 1.54) is 0 Å². The summed E-state index contributed by atoms with van der Waals surface area (Å²) in [6.45, 7) is 4.59. The minimum absolute atomic E-state index is 0.0617. The number of nitro benzene ring substituents is 1. The van der Waals surface area contributed by atoms with Crippen molar-refractivity contribution in [2.24, 2.45) is 0 Å². The fourth-order valence-corrected chi connectivity index (χ4v) is 2.45. The molecule has 0 amide bonds. The molecule has 0 bridgehead atoms. The first kappa shape index (κ1) is 15.2. The van der Waals surface area contributed by atoms with Crippen molar-refractivity contribution in [1.82, 2.24) is 4.98 Å². The summed E-state index contributed by atoms with van der Waals surface area (Å²) in [5, 5.41) is 21.1. The van der Waals surface area contributed by atoms with E-state index in [1.54, 1.807) is 30.5 Å². The van der Waals surface area contributed by atoms with Gasteiger partial charge in [0.15, 0.2) is 0 Å². The molecule has 0 radical (unpaired) electrons. The number of rotatable bonds is 6. The highest BCUT2D eigenvalue weighted by molar-refractivity contribution is 5.94. The standard InChI is InChI=1S/C15H19N3O3/c1-11(2)17(9-4-10-19)14-7-6-13-12(5-3-8-16-13)15(14)18(20)21/h3,5-8,11,19H,4,9-10H2,1-2H3. The van der Waals surface area contributed by atoms with E-state index in [9.17, 15) is 10.1 Å². The van der Waals surface area contributed by atoms with Crippen molar-refractivity contribution in [1.29, 1.82) is 0 Å². The lowest BCUT2D eigenvalue weighted by atomic mass is 10.1. The van der Waals surface area contributed by atoms with Crippen LogP contribution in [0.1, 0.15) is 20.3 Å². The van der Waals surface area contributed by atoms with E-state index >= 15 is 0 Å². The van der Waals surface area contributed by atoms with Gasteiger partial charge in [0.25, 0.3) is 0 Å². The molecule has 0 fully saturated rings. The molecule has 0 atom stereocenters. The van der Waals surface area contributed by atoms with E-state index in [0.29, 0.717) is 29.6 Å². The third kappa shape index (κ3) is 3.11. The van der Waals surface area contributed by atoms with Gasteiger partial charge in [-0.15, -0.1) is 0 Å². The Kier molecular flexibility index (Phi) is 4.70. The second-order valence-corrected chi connectivity index (χ2v) is 5.12. The normalized spacial score (nSPS) is 11.0. The van der Waals surface area contributed by atoms with Crippen molar-refractivity contribution in [2.75, 3.05) is 18.1 Å². The van der Waals surface area contributed by atoms with Crippen LogP contribution in [0.4, 0.5) is 11.4 Å². The van der Waals surface area contributed by atoms with Crippen molar-refractivity contribution >= 4 is 22.3 Å². The van der Waals surface area contributed by atoms with E-state index in [0.717, 1.165) is 0 Å². The zero-order valence-electron chi connectivity index (χ0n) is 12.2. The molecule has 0 saturated heterocycles. The summed E-state index contributed by atoms with van der Waals surface area (Å²) in [5.41, 5.74) is 1.26. The third-order valence-electron chi connectivity index (χ3n) is 3.41. The molecule has 6 heteroatoms. The Balaban J connectivity index is 2.61. The molecule has 0 aliphatic carbocycles. The Bertz CT molecular complexity index is 643. The van der Waals surface area contributed by atoms with Crippen LogP contribution in [0.3, 0.4) is 0 Å². The van der Waals surface area contributed by atoms with E-state index < -0.39 is 0 Å². The van der Waals surface area contributed by atoms with Crippen LogP contribution in [-0.2, 0) is 0 Å². The quantitative estimate of drug-likeness (QED) is 0.653. The minimum atomic E-state index is -0.353. The SMILES string of the molecule is CC(C)N(CCCO)c1ccc2ncccc2c1[N+](=O)[O-]. The van der Waals surface area contributed by atoms with Gasteiger partial charge in [0.2, 0.25) is 0 Å². The molecule has 1 N–H and O–H groups in total. The fourth-order valence-electron chi connectivity index (χ4n) is 2.45. The molecule has 2 aromatic rings. The van der Waals surface area contributed by atoms with Gasteiger partial charge in [-0.05, 0) is 44.5 Å². The van der Waals surface area contributed by atoms with Crippen LogP contribution in [0.15, 0.2) is 30.5 Å². The van der Waals surface area contributed by atoms with Crippen molar-refractivity contribution < 1.29 is 10.0 Å². The molecule has 1 aromatic carbocycles. The molecular weight excluding hydrogens is 270 g/mol. The summed E-state index contributed by atoms with van der Waals surface area (Å²) < 4.78 is 0. The number of aliphatic hydroxyl groups is 1. The van der Waals surface area contributed by atoms with Gasteiger partial charge in [-0.25, -0.2) is 0 Å². The molecule has 1 heterocycles. The van der Waals surface area contributed by atoms with Crippen LogP contribution in [0.5, 0.6) is 0 Å². The first-order chi connectivity index (χ1) is 10.1. The second-order valence-electron chi connectivity index (χ2n) is 5.12. The molecular formula is C15H19N3O3. The van der Waals surface area contributed by atoms with Gasteiger partial charge >= 0.3 is 5.69 Å². The maximum atomic E-state index is 11.5. The summed E-state index contributed by atoms with van der Waals surface area (Å²) in [4.78, 5) is 17.3. The minimum Gasteiger partial charge on any atom is -0.396 e. The summed E-state index contributed by atoms with van der Waals surface area (Å²) in [6, 6.07) is 7.06. The van der Waals surface area contributed by atoms with Crippen molar-refractivity contribution in [3.05, 3.63) is 40.6 Å². The van der Waals surface area contributed by atoms with Crippen LogP contribution < -0.4 is 4.90 Å². The average Bonchev–Trinajstić information content (AvgIpc) is 2.46. The Labute approximate surface area is 123 Å². The first-order valence-electron chi connectivity index (χ1n) is 6.96. The lowest BCUT2D eigenvalue weighted by Gasteiger charge is -2.28. The highest BCUT2D eigenvalue weighted by Crippen LogP contribution is 2.36. The smallest absolute Gasteiger partial charge is 0.301 e. The van der Waals surface area contributed by atoms with Crippen molar-refractivity contribution in [3.8, 4) is 0 Å². The summed E-state index contributed by atoms with van der Waals surface area (Å²) >= 11 is 0. The van der Waals surface area contributed by atoms with Crippen LogP contribution >= 0.6 is 0 Å². The van der Waals surface area contributed by atoms with E-state index in [-0.39, 0.29) is 23.3 Å². The lowest BCUT2D eigenvalue weighted by molar-refractivity contribution is -0.382. The zero-order chi connectivity index (χ0) is 15.4. The summed E-state index contributed by atoms with van der Waals surface area (Å²) in [7, 11) is 0. The van der Waals surface area contributed by atoms with Gasteiger partial charge in [0.05, 0.1) is 15.8 Å². The van der Waals surface area contributed by atoms with E-state index in [4.69, 9.17) is 5.11 Å². The summed E-state index contributed by atoms with van der Waals surface area (Å²) in [5.74, 6) is 0. The highest BCUT2D eigenvalue weighted by atomic mass is 16.6. The first-order valence-corrected chi connectivity index (χ1v) is 6.96. The van der Waals surface area contributed by atoms with E-state index in [1.807, 2.05) is 18.7 Å². The van der Waals surface area contributed by atoms with Gasteiger partial charge in [-0.2, -0.15) is 0 Å². The molecule has 1 aromatic heterocycles. The molecule has 0 unspecified atom stereocenters. The molecule has 0 aliphatic rings. The number of anilines is 1. The molecule has 112 valence electrons. The molecule has 0 spiro atoms. The number of fused-ring (bicyclic) bond motifs is 1. The number of aromatic nitrogens is 1. The fraction of sp³-hybridized carbons (Fsp3) is 0.400. The maximum absolute atomic E-state index is 11.5. The Morgan fingerprint density at radius 3 is 2.76 bits per heavy atom. The molecule has 0 saturated carbocycles. The Hall–Kier alpha value is -2.21. The zero-order valence-corrected chi connectivity index (χ0v) is 12.2. The highest BCUT2D eigenvalue weighted by Gasteiger charge is 2.24. The number of benzene rings is 1. The molecule has 2 rings (SSSR count). The second kappa shape index (κ2) is 6.49. The van der Waals surface area contributed by atoms with Gasteiger partial charge in [-0.3, -0.25) is 15.1 Å². The van der Waals surface area contributed by atoms with Crippen LogP contribution in [-0.4, -0.2) is 34.2 Å². The Morgan fingerprint density at radius 1 is 1.38 bits per heavy atom. The Morgan fingerprint density at radius 2 is 2.14 bits per heavy atom. The molecule has 0 aliphatic heterocycles. The monoisotopic (exact) mass is 289 g/mol. The lowest BCUT2D eigenvalue weighted by Crippen LogP contribution is -2.32. The molecule has 21 heavy (non-hydrogen) atoms. The number of hydrogen-bond donors (Lipinski definition) is 1.